The first-order chi connectivity index (χ1) is 15.2. The zero-order valence-corrected chi connectivity index (χ0v) is 18.4. The Kier molecular flexibility index (Phi) is 7.13. The Hall–Kier alpha value is -3.00. The SMILES string of the molecule is COc1ccc([C@@H]2CC=C[C@H](N(C)C)C2NC(=O)c2ccc(C(F)(F)F)cc2)cc1OC. The van der Waals surface area contributed by atoms with Crippen LogP contribution in [0.15, 0.2) is 54.6 Å². The van der Waals surface area contributed by atoms with Gasteiger partial charge in [-0.2, -0.15) is 13.2 Å². The molecule has 3 rings (SSSR count). The molecule has 8 heteroatoms. The normalized spacial score (nSPS) is 20.8. The van der Waals surface area contributed by atoms with Crippen molar-refractivity contribution in [1.82, 2.24) is 10.2 Å². The molecule has 0 spiro atoms. The van der Waals surface area contributed by atoms with Gasteiger partial charge in [0, 0.05) is 17.5 Å². The zero-order valence-electron chi connectivity index (χ0n) is 18.4. The third-order valence-electron chi connectivity index (χ3n) is 5.73. The highest BCUT2D eigenvalue weighted by Crippen LogP contribution is 2.37. The van der Waals surface area contributed by atoms with Crippen LogP contribution < -0.4 is 14.8 Å². The molecule has 1 aliphatic carbocycles. The van der Waals surface area contributed by atoms with Crippen molar-refractivity contribution >= 4 is 5.91 Å². The van der Waals surface area contributed by atoms with Crippen LogP contribution in [0, 0.1) is 0 Å². The number of carbonyl (C=O) groups excluding carboxylic acids is 1. The average Bonchev–Trinajstić information content (AvgIpc) is 2.78. The van der Waals surface area contributed by atoms with Gasteiger partial charge in [-0.25, -0.2) is 0 Å². The summed E-state index contributed by atoms with van der Waals surface area (Å²) in [5, 5.41) is 3.05. The van der Waals surface area contributed by atoms with E-state index in [0.717, 1.165) is 17.7 Å². The van der Waals surface area contributed by atoms with Crippen LogP contribution in [0.3, 0.4) is 0 Å². The molecule has 0 bridgehead atoms. The fourth-order valence-corrected chi connectivity index (χ4v) is 4.02. The van der Waals surface area contributed by atoms with Crippen LogP contribution in [0.1, 0.15) is 33.8 Å². The van der Waals surface area contributed by atoms with Crippen molar-refractivity contribution in [2.45, 2.75) is 30.6 Å². The summed E-state index contributed by atoms with van der Waals surface area (Å²) in [7, 11) is 6.97. The Bertz CT molecular complexity index is 971. The maximum atomic E-state index is 13.0. The molecule has 0 radical (unpaired) electrons. The van der Waals surface area contributed by atoms with E-state index in [9.17, 15) is 18.0 Å². The van der Waals surface area contributed by atoms with Gasteiger partial charge in [-0.1, -0.05) is 18.2 Å². The zero-order chi connectivity index (χ0) is 23.5. The molecular weight excluding hydrogens is 421 g/mol. The molecular formula is C24H27F3N2O3. The molecule has 0 saturated heterocycles. The van der Waals surface area contributed by atoms with Crippen molar-refractivity contribution in [2.75, 3.05) is 28.3 Å². The molecule has 172 valence electrons. The smallest absolute Gasteiger partial charge is 0.416 e. The minimum Gasteiger partial charge on any atom is -0.493 e. The number of halogens is 3. The lowest BCUT2D eigenvalue weighted by atomic mass is 9.80. The first-order valence-electron chi connectivity index (χ1n) is 10.2. The fraction of sp³-hybridized carbons (Fsp3) is 0.375. The average molecular weight is 448 g/mol. The summed E-state index contributed by atoms with van der Waals surface area (Å²) in [4.78, 5) is 15.0. The summed E-state index contributed by atoms with van der Waals surface area (Å²) in [5.41, 5.74) is 0.358. The number of hydrogen-bond donors (Lipinski definition) is 1. The number of allylic oxidation sites excluding steroid dienone is 1. The maximum Gasteiger partial charge on any atom is 0.416 e. The van der Waals surface area contributed by atoms with E-state index in [1.54, 1.807) is 14.2 Å². The summed E-state index contributed by atoms with van der Waals surface area (Å²) in [6.07, 6.45) is 0.358. The number of ether oxygens (including phenoxy) is 2. The van der Waals surface area contributed by atoms with Gasteiger partial charge >= 0.3 is 6.18 Å². The van der Waals surface area contributed by atoms with Gasteiger partial charge in [0.1, 0.15) is 0 Å². The van der Waals surface area contributed by atoms with E-state index in [2.05, 4.69) is 11.4 Å². The molecule has 1 aliphatic rings. The van der Waals surface area contributed by atoms with Gasteiger partial charge in [-0.15, -0.1) is 0 Å². The second kappa shape index (κ2) is 9.65. The quantitative estimate of drug-likeness (QED) is 0.662. The van der Waals surface area contributed by atoms with Crippen molar-refractivity contribution in [1.29, 1.82) is 0 Å². The maximum absolute atomic E-state index is 13.0. The highest BCUT2D eigenvalue weighted by molar-refractivity contribution is 5.94. The predicted molar refractivity (Wildman–Crippen MR) is 116 cm³/mol. The van der Waals surface area contributed by atoms with Crippen LogP contribution in [0.25, 0.3) is 0 Å². The number of likely N-dealkylation sites (N-methyl/N-ethyl adjacent to an activating group) is 1. The number of nitrogens with zero attached hydrogens (tertiary/aromatic N) is 1. The van der Waals surface area contributed by atoms with Crippen LogP contribution in [-0.2, 0) is 6.18 Å². The van der Waals surface area contributed by atoms with Crippen LogP contribution in [-0.4, -0.2) is 51.2 Å². The molecule has 0 fully saturated rings. The van der Waals surface area contributed by atoms with Gasteiger partial charge in [0.2, 0.25) is 0 Å². The van der Waals surface area contributed by atoms with Gasteiger partial charge < -0.3 is 19.7 Å². The van der Waals surface area contributed by atoms with E-state index in [-0.39, 0.29) is 23.6 Å². The van der Waals surface area contributed by atoms with E-state index < -0.39 is 17.6 Å². The molecule has 0 aromatic heterocycles. The topological polar surface area (TPSA) is 50.8 Å². The minimum atomic E-state index is -4.45. The minimum absolute atomic E-state index is 0.0643. The fourth-order valence-electron chi connectivity index (χ4n) is 4.02. The van der Waals surface area contributed by atoms with Crippen molar-refractivity contribution < 1.29 is 27.4 Å². The number of alkyl halides is 3. The van der Waals surface area contributed by atoms with Gasteiger partial charge in [-0.3, -0.25) is 4.79 Å². The van der Waals surface area contributed by atoms with Crippen molar-refractivity contribution in [3.8, 4) is 11.5 Å². The second-order valence-corrected chi connectivity index (χ2v) is 7.91. The van der Waals surface area contributed by atoms with E-state index >= 15 is 0 Å². The molecule has 0 heterocycles. The number of methoxy groups -OCH3 is 2. The van der Waals surface area contributed by atoms with E-state index in [1.165, 1.54) is 12.1 Å². The standard InChI is InChI=1S/C24H27F3N2O3/c1-29(2)19-7-5-6-18(16-10-13-20(31-3)21(14-16)32-4)22(19)28-23(30)15-8-11-17(12-9-15)24(25,26)27/h5,7-14,18-19,22H,6H2,1-4H3,(H,28,30)/t18-,19-,22?/m0/s1. The van der Waals surface area contributed by atoms with Crippen molar-refractivity contribution in [2.24, 2.45) is 0 Å². The highest BCUT2D eigenvalue weighted by Gasteiger charge is 2.35. The lowest BCUT2D eigenvalue weighted by Gasteiger charge is -2.39. The third-order valence-corrected chi connectivity index (χ3v) is 5.73. The van der Waals surface area contributed by atoms with E-state index in [0.29, 0.717) is 17.9 Å². The molecule has 1 N–H and O–H groups in total. The molecule has 5 nitrogen and oxygen atoms in total. The molecule has 0 saturated carbocycles. The van der Waals surface area contributed by atoms with Crippen LogP contribution >= 0.6 is 0 Å². The second-order valence-electron chi connectivity index (χ2n) is 7.91. The highest BCUT2D eigenvalue weighted by atomic mass is 19.4. The number of carbonyl (C=O) groups is 1. The Morgan fingerprint density at radius 2 is 1.69 bits per heavy atom. The third kappa shape index (κ3) is 5.07. The lowest BCUT2D eigenvalue weighted by Crippen LogP contribution is -2.53. The molecule has 1 amide bonds. The summed E-state index contributed by atoms with van der Waals surface area (Å²) in [6.45, 7) is 0. The van der Waals surface area contributed by atoms with Gasteiger partial charge in [0.05, 0.1) is 25.8 Å². The largest absolute Gasteiger partial charge is 0.493 e. The van der Waals surface area contributed by atoms with Crippen molar-refractivity contribution in [3.63, 3.8) is 0 Å². The summed E-state index contributed by atoms with van der Waals surface area (Å²) < 4.78 is 49.3. The molecule has 1 unspecified atom stereocenters. The molecule has 2 aromatic carbocycles. The summed E-state index contributed by atoms with van der Waals surface area (Å²) >= 11 is 0. The first-order valence-corrected chi connectivity index (χ1v) is 10.2. The van der Waals surface area contributed by atoms with Gasteiger partial charge in [-0.05, 0) is 62.5 Å². The van der Waals surface area contributed by atoms with E-state index in [1.807, 2.05) is 43.3 Å². The Morgan fingerprint density at radius 1 is 1.03 bits per heavy atom. The first kappa shape index (κ1) is 23.7. The lowest BCUT2D eigenvalue weighted by molar-refractivity contribution is -0.137. The number of rotatable bonds is 6. The number of nitrogens with one attached hydrogen (secondary N) is 1. The van der Waals surface area contributed by atoms with E-state index in [4.69, 9.17) is 9.47 Å². The van der Waals surface area contributed by atoms with Crippen LogP contribution in [0.2, 0.25) is 0 Å². The molecule has 3 atom stereocenters. The number of hydrogen-bond acceptors (Lipinski definition) is 4. The summed E-state index contributed by atoms with van der Waals surface area (Å²) in [5.74, 6) is 0.716. The Balaban J connectivity index is 1.90. The number of amides is 1. The Morgan fingerprint density at radius 3 is 2.25 bits per heavy atom. The molecule has 32 heavy (non-hydrogen) atoms. The van der Waals surface area contributed by atoms with Crippen LogP contribution in [0.5, 0.6) is 11.5 Å². The summed E-state index contributed by atoms with van der Waals surface area (Å²) in [6, 6.07) is 9.51. The van der Waals surface area contributed by atoms with Crippen LogP contribution in [0.4, 0.5) is 13.2 Å². The van der Waals surface area contributed by atoms with Gasteiger partial charge in [0.15, 0.2) is 11.5 Å². The molecule has 2 aromatic rings. The molecule has 0 aliphatic heterocycles. The predicted octanol–water partition coefficient (Wildman–Crippen LogP) is 4.49. The number of benzene rings is 2. The van der Waals surface area contributed by atoms with Crippen molar-refractivity contribution in [3.05, 3.63) is 71.3 Å². The van der Waals surface area contributed by atoms with Gasteiger partial charge in [0.25, 0.3) is 5.91 Å². The monoisotopic (exact) mass is 448 g/mol. The Labute approximate surface area is 185 Å².